The lowest BCUT2D eigenvalue weighted by atomic mass is 10.2. The van der Waals surface area contributed by atoms with Gasteiger partial charge in [0, 0.05) is 22.8 Å². The lowest BCUT2D eigenvalue weighted by Gasteiger charge is -2.10. The predicted octanol–water partition coefficient (Wildman–Crippen LogP) is 5.21. The molecule has 33 heavy (non-hydrogen) atoms. The molecule has 0 radical (unpaired) electrons. The normalized spacial score (nSPS) is 10.2. The lowest BCUT2D eigenvalue weighted by Crippen LogP contribution is -2.21. The van der Waals surface area contributed by atoms with Crippen molar-refractivity contribution in [1.29, 1.82) is 5.26 Å². The van der Waals surface area contributed by atoms with Gasteiger partial charge in [-0.3, -0.25) is 14.9 Å². The van der Waals surface area contributed by atoms with E-state index in [2.05, 4.69) is 11.4 Å². The summed E-state index contributed by atoms with van der Waals surface area (Å²) in [7, 11) is 0. The van der Waals surface area contributed by atoms with Crippen molar-refractivity contribution in [3.63, 3.8) is 0 Å². The first-order chi connectivity index (χ1) is 15.9. The summed E-state index contributed by atoms with van der Waals surface area (Å²) >= 11 is 7.38. The van der Waals surface area contributed by atoms with Crippen LogP contribution in [0.1, 0.15) is 21.5 Å². The first-order valence-electron chi connectivity index (χ1n) is 9.49. The van der Waals surface area contributed by atoms with Gasteiger partial charge in [-0.1, -0.05) is 35.9 Å². The largest absolute Gasteiger partial charge is 0.452 e. The lowest BCUT2D eigenvalue weighted by molar-refractivity contribution is -0.384. The number of nitro groups is 1. The predicted molar refractivity (Wildman–Crippen MR) is 124 cm³/mol. The molecule has 0 aromatic heterocycles. The van der Waals surface area contributed by atoms with E-state index >= 15 is 0 Å². The van der Waals surface area contributed by atoms with Gasteiger partial charge in [0.25, 0.3) is 11.6 Å². The highest BCUT2D eigenvalue weighted by Gasteiger charge is 2.16. The van der Waals surface area contributed by atoms with Gasteiger partial charge >= 0.3 is 5.97 Å². The summed E-state index contributed by atoms with van der Waals surface area (Å²) in [5.74, 6) is -0.723. The summed E-state index contributed by atoms with van der Waals surface area (Å²) in [6.07, 6.45) is 0. The van der Waals surface area contributed by atoms with Crippen molar-refractivity contribution in [2.24, 2.45) is 0 Å². The molecule has 0 atom stereocenters. The van der Waals surface area contributed by atoms with Crippen molar-refractivity contribution < 1.29 is 19.2 Å². The highest BCUT2D eigenvalue weighted by atomic mass is 35.5. The number of rotatable bonds is 8. The number of nitrogens with zero attached hydrogens (tertiary/aromatic N) is 2. The fourth-order valence-electron chi connectivity index (χ4n) is 2.71. The summed E-state index contributed by atoms with van der Waals surface area (Å²) in [5, 5.41) is 22.1. The minimum Gasteiger partial charge on any atom is -0.452 e. The van der Waals surface area contributed by atoms with Crippen LogP contribution in [-0.2, 0) is 15.3 Å². The van der Waals surface area contributed by atoms with Crippen molar-refractivity contribution in [2.75, 3.05) is 11.9 Å². The molecule has 3 aromatic carbocycles. The van der Waals surface area contributed by atoms with Crippen LogP contribution in [0.3, 0.4) is 0 Å². The molecule has 0 bridgehead atoms. The molecule has 3 rings (SSSR count). The molecule has 0 spiro atoms. The average molecular weight is 482 g/mol. The fraction of sp³-hybridized carbons (Fsp3) is 0.0870. The molecule has 166 valence electrons. The highest BCUT2D eigenvalue weighted by molar-refractivity contribution is 7.98. The van der Waals surface area contributed by atoms with Gasteiger partial charge in [0.1, 0.15) is 0 Å². The van der Waals surface area contributed by atoms with Gasteiger partial charge in [-0.05, 0) is 35.9 Å². The number of nitrogens with one attached hydrogen (secondary N) is 1. The third-order valence-corrected chi connectivity index (χ3v) is 5.81. The van der Waals surface area contributed by atoms with Gasteiger partial charge in [-0.2, -0.15) is 5.26 Å². The number of ether oxygens (including phenoxy) is 1. The fourth-order valence-corrected chi connectivity index (χ4v) is 3.93. The summed E-state index contributed by atoms with van der Waals surface area (Å²) in [6, 6.07) is 19.7. The zero-order valence-electron chi connectivity index (χ0n) is 17.0. The molecule has 0 aliphatic rings. The molecule has 10 heteroatoms. The Labute approximate surface area is 198 Å². The van der Waals surface area contributed by atoms with E-state index in [1.54, 1.807) is 36.4 Å². The quantitative estimate of drug-likeness (QED) is 0.203. The number of nitriles is 1. The van der Waals surface area contributed by atoms with E-state index in [4.69, 9.17) is 21.6 Å². The number of carbonyl (C=O) groups is 2. The number of esters is 1. The van der Waals surface area contributed by atoms with Crippen LogP contribution in [0.2, 0.25) is 5.02 Å². The maximum atomic E-state index is 12.6. The van der Waals surface area contributed by atoms with Crippen LogP contribution in [0.4, 0.5) is 11.4 Å². The molecule has 0 saturated heterocycles. The summed E-state index contributed by atoms with van der Waals surface area (Å²) in [4.78, 5) is 35.6. The molecule has 1 N–H and O–H groups in total. The van der Waals surface area contributed by atoms with E-state index in [-0.39, 0.29) is 16.4 Å². The first kappa shape index (κ1) is 23.8. The molecule has 0 aliphatic heterocycles. The molecule has 0 saturated carbocycles. The monoisotopic (exact) mass is 481 g/mol. The van der Waals surface area contributed by atoms with Crippen LogP contribution in [0.15, 0.2) is 71.6 Å². The van der Waals surface area contributed by atoms with Crippen LogP contribution in [0, 0.1) is 21.4 Å². The Hall–Kier alpha value is -3.87. The molecular weight excluding hydrogens is 466 g/mol. The second-order valence-corrected chi connectivity index (χ2v) is 8.06. The molecule has 0 unspecified atom stereocenters. The van der Waals surface area contributed by atoms with Crippen molar-refractivity contribution in [3.05, 3.63) is 98.6 Å². The molecule has 8 nitrogen and oxygen atoms in total. The van der Waals surface area contributed by atoms with E-state index < -0.39 is 23.4 Å². The summed E-state index contributed by atoms with van der Waals surface area (Å²) < 4.78 is 5.14. The Kier molecular flexibility index (Phi) is 8.02. The number of nitro benzene ring substituents is 1. The summed E-state index contributed by atoms with van der Waals surface area (Å²) in [5.41, 5.74) is 1.83. The smallest absolute Gasteiger partial charge is 0.339 e. The van der Waals surface area contributed by atoms with E-state index in [9.17, 15) is 19.7 Å². The molecule has 0 heterocycles. The number of thioether (sulfide) groups is 1. The maximum absolute atomic E-state index is 12.6. The molecule has 0 aliphatic carbocycles. The number of benzene rings is 3. The van der Waals surface area contributed by atoms with E-state index in [0.29, 0.717) is 21.8 Å². The van der Waals surface area contributed by atoms with Crippen LogP contribution in [-0.4, -0.2) is 23.4 Å². The van der Waals surface area contributed by atoms with Crippen molar-refractivity contribution in [3.8, 4) is 6.07 Å². The maximum Gasteiger partial charge on any atom is 0.339 e. The van der Waals surface area contributed by atoms with Crippen molar-refractivity contribution >= 4 is 46.6 Å². The van der Waals surface area contributed by atoms with Crippen LogP contribution >= 0.6 is 23.4 Å². The van der Waals surface area contributed by atoms with Gasteiger partial charge in [0.15, 0.2) is 6.61 Å². The van der Waals surface area contributed by atoms with Gasteiger partial charge < -0.3 is 10.1 Å². The van der Waals surface area contributed by atoms with E-state index in [1.807, 2.05) is 12.1 Å². The van der Waals surface area contributed by atoms with Crippen LogP contribution in [0.5, 0.6) is 0 Å². The number of anilines is 1. The zero-order chi connectivity index (χ0) is 23.8. The number of halogens is 1. The van der Waals surface area contributed by atoms with Crippen molar-refractivity contribution in [1.82, 2.24) is 0 Å². The minimum atomic E-state index is -0.664. The van der Waals surface area contributed by atoms with Crippen LogP contribution < -0.4 is 5.32 Å². The highest BCUT2D eigenvalue weighted by Crippen LogP contribution is 2.28. The molecule has 3 aromatic rings. The Bertz CT molecular complexity index is 1240. The SMILES string of the molecule is N#Cc1ccc(CSc2ccccc2C(=O)OCC(=O)Nc2ccc([N+](=O)[O-])cc2Cl)cc1. The number of non-ortho nitro benzene ring substituents is 1. The second-order valence-electron chi connectivity index (χ2n) is 6.64. The first-order valence-corrected chi connectivity index (χ1v) is 10.9. The Balaban J connectivity index is 1.58. The number of hydrogen-bond acceptors (Lipinski definition) is 7. The standard InChI is InChI=1S/C23H16ClN3O5S/c24-19-11-17(27(30)31)9-10-20(19)26-22(28)13-32-23(29)18-3-1-2-4-21(18)33-14-16-7-5-15(12-25)6-8-16/h1-11H,13-14H2,(H,26,28). The number of amides is 1. The van der Waals surface area contributed by atoms with Gasteiger partial charge in [-0.15, -0.1) is 11.8 Å². The van der Waals surface area contributed by atoms with E-state index in [0.717, 1.165) is 11.6 Å². The number of carbonyl (C=O) groups excluding carboxylic acids is 2. The minimum absolute atomic E-state index is 0.00609. The third-order valence-electron chi connectivity index (χ3n) is 4.36. The van der Waals surface area contributed by atoms with Gasteiger partial charge in [-0.25, -0.2) is 4.79 Å². The Morgan fingerprint density at radius 3 is 2.52 bits per heavy atom. The zero-order valence-corrected chi connectivity index (χ0v) is 18.6. The molecule has 0 fully saturated rings. The van der Waals surface area contributed by atoms with Gasteiger partial charge in [0.2, 0.25) is 0 Å². The van der Waals surface area contributed by atoms with Crippen molar-refractivity contribution in [2.45, 2.75) is 10.6 Å². The molecule has 1 amide bonds. The Morgan fingerprint density at radius 1 is 1.12 bits per heavy atom. The third kappa shape index (κ3) is 6.55. The van der Waals surface area contributed by atoms with E-state index in [1.165, 1.54) is 23.9 Å². The topological polar surface area (TPSA) is 122 Å². The second kappa shape index (κ2) is 11.1. The Morgan fingerprint density at radius 2 is 1.85 bits per heavy atom. The number of hydrogen-bond donors (Lipinski definition) is 1. The van der Waals surface area contributed by atoms with Crippen LogP contribution in [0.25, 0.3) is 0 Å². The van der Waals surface area contributed by atoms with Gasteiger partial charge in [0.05, 0.1) is 32.8 Å². The summed E-state index contributed by atoms with van der Waals surface area (Å²) in [6.45, 7) is -0.555. The average Bonchev–Trinajstić information content (AvgIpc) is 2.83. The molecular formula is C23H16ClN3O5S.